The Morgan fingerprint density at radius 3 is 2.68 bits per heavy atom. The molecule has 0 aliphatic rings. The van der Waals surface area contributed by atoms with Crippen molar-refractivity contribution in [1.29, 1.82) is 0 Å². The van der Waals surface area contributed by atoms with Gasteiger partial charge in [-0.3, -0.25) is 9.52 Å². The molecular weight excluding hydrogens is 353 g/mol. The summed E-state index contributed by atoms with van der Waals surface area (Å²) < 4.78 is 44.1. The summed E-state index contributed by atoms with van der Waals surface area (Å²) in [5.74, 6) is -0.902. The summed E-state index contributed by atoms with van der Waals surface area (Å²) in [6.07, 6.45) is 0. The van der Waals surface area contributed by atoms with E-state index in [4.69, 9.17) is 0 Å². The first-order valence-corrected chi connectivity index (χ1v) is 9.01. The Morgan fingerprint density at radius 2 is 2.05 bits per heavy atom. The number of sulfonamides is 1. The van der Waals surface area contributed by atoms with Gasteiger partial charge in [-0.1, -0.05) is 23.1 Å². The van der Waals surface area contributed by atoms with Crippen LogP contribution in [0, 0.1) is 5.82 Å². The predicted octanol–water partition coefficient (Wildman–Crippen LogP) is 1.74. The smallest absolute Gasteiger partial charge is 0.316 e. The van der Waals surface area contributed by atoms with Gasteiger partial charge in [0.15, 0.2) is 4.34 Å². The molecule has 118 valence electrons. The van der Waals surface area contributed by atoms with Gasteiger partial charge in [-0.15, -0.1) is 10.2 Å². The molecule has 0 saturated carbocycles. The van der Waals surface area contributed by atoms with Crippen LogP contribution in [0.2, 0.25) is 0 Å². The minimum Gasteiger partial charge on any atom is -0.468 e. The van der Waals surface area contributed by atoms with Crippen LogP contribution in [0.3, 0.4) is 0 Å². The zero-order chi connectivity index (χ0) is 16.2. The first-order chi connectivity index (χ1) is 10.4. The minimum absolute atomic E-state index is 0.0514. The zero-order valence-electron chi connectivity index (χ0n) is 11.1. The van der Waals surface area contributed by atoms with Gasteiger partial charge in [0, 0.05) is 0 Å². The molecule has 0 saturated heterocycles. The Bertz CT molecular complexity index is 761. The number of aromatic nitrogens is 2. The second kappa shape index (κ2) is 7.03. The standard InChI is InChI=1S/C11H10FN3O4S3/c1-19-9(16)6-20-11-14-13-10(21-11)15-22(17,18)8-4-2-7(12)3-5-8/h2-5H,6H2,1H3,(H,13,15). The van der Waals surface area contributed by atoms with Crippen LogP contribution in [0.25, 0.3) is 0 Å². The molecule has 1 aromatic carbocycles. The van der Waals surface area contributed by atoms with Crippen LogP contribution in [0.15, 0.2) is 33.5 Å². The highest BCUT2D eigenvalue weighted by Gasteiger charge is 2.17. The number of hydrogen-bond acceptors (Lipinski definition) is 8. The van der Waals surface area contributed by atoms with E-state index in [1.807, 2.05) is 0 Å². The molecule has 2 aromatic rings. The van der Waals surface area contributed by atoms with Crippen LogP contribution in [0.5, 0.6) is 0 Å². The van der Waals surface area contributed by atoms with E-state index >= 15 is 0 Å². The number of halogens is 1. The average molecular weight is 363 g/mol. The summed E-state index contributed by atoms with van der Waals surface area (Å²) in [7, 11) is -2.59. The number of carbonyl (C=O) groups is 1. The molecule has 0 fully saturated rings. The average Bonchev–Trinajstić information content (AvgIpc) is 2.92. The van der Waals surface area contributed by atoms with E-state index in [0.717, 1.165) is 47.4 Å². The number of rotatable bonds is 6. The second-order valence-electron chi connectivity index (χ2n) is 3.80. The van der Waals surface area contributed by atoms with Crippen LogP contribution in [-0.2, 0) is 19.6 Å². The van der Waals surface area contributed by atoms with Crippen molar-refractivity contribution in [2.24, 2.45) is 0 Å². The fourth-order valence-electron chi connectivity index (χ4n) is 1.28. The Labute approximate surface area is 134 Å². The largest absolute Gasteiger partial charge is 0.468 e. The number of nitrogens with one attached hydrogen (secondary N) is 1. The zero-order valence-corrected chi connectivity index (χ0v) is 13.6. The molecule has 0 bridgehead atoms. The molecular formula is C11H10FN3O4S3. The van der Waals surface area contributed by atoms with Crippen LogP contribution in [-0.4, -0.2) is 37.4 Å². The fourth-order valence-corrected chi connectivity index (χ4v) is 4.09. The van der Waals surface area contributed by atoms with E-state index in [9.17, 15) is 17.6 Å². The summed E-state index contributed by atoms with van der Waals surface area (Å²) in [5, 5.41) is 7.48. The van der Waals surface area contributed by atoms with Gasteiger partial charge in [0.05, 0.1) is 17.8 Å². The third kappa shape index (κ3) is 4.39. The Hall–Kier alpha value is -1.72. The summed E-state index contributed by atoms with van der Waals surface area (Å²) in [6.45, 7) is 0. The van der Waals surface area contributed by atoms with Crippen molar-refractivity contribution in [3.63, 3.8) is 0 Å². The molecule has 0 aliphatic heterocycles. The molecule has 0 unspecified atom stereocenters. The van der Waals surface area contributed by atoms with Crippen molar-refractivity contribution in [3.05, 3.63) is 30.1 Å². The van der Waals surface area contributed by atoms with Crippen molar-refractivity contribution in [3.8, 4) is 0 Å². The SMILES string of the molecule is COC(=O)CSc1nnc(NS(=O)(=O)c2ccc(F)cc2)s1. The van der Waals surface area contributed by atoms with Crippen molar-refractivity contribution in [2.45, 2.75) is 9.24 Å². The highest BCUT2D eigenvalue weighted by molar-refractivity contribution is 8.01. The minimum atomic E-state index is -3.86. The molecule has 11 heteroatoms. The van der Waals surface area contributed by atoms with Crippen molar-refractivity contribution in [1.82, 2.24) is 10.2 Å². The lowest BCUT2D eigenvalue weighted by molar-refractivity contribution is -0.137. The molecule has 0 atom stereocenters. The fraction of sp³-hybridized carbons (Fsp3) is 0.182. The van der Waals surface area contributed by atoms with Gasteiger partial charge >= 0.3 is 5.97 Å². The Balaban J connectivity index is 2.05. The first kappa shape index (κ1) is 16.6. The van der Waals surface area contributed by atoms with Gasteiger partial charge in [-0.05, 0) is 24.3 Å². The molecule has 0 amide bonds. The molecule has 2 rings (SSSR count). The number of methoxy groups -OCH3 is 1. The molecule has 0 spiro atoms. The Kier molecular flexibility index (Phi) is 5.32. The number of hydrogen-bond donors (Lipinski definition) is 1. The van der Waals surface area contributed by atoms with E-state index in [2.05, 4.69) is 19.7 Å². The third-order valence-electron chi connectivity index (χ3n) is 2.29. The number of ether oxygens (including phenoxy) is 1. The van der Waals surface area contributed by atoms with Gasteiger partial charge < -0.3 is 4.74 Å². The summed E-state index contributed by atoms with van der Waals surface area (Å²) in [4.78, 5) is 10.9. The molecule has 0 radical (unpaired) electrons. The highest BCUT2D eigenvalue weighted by atomic mass is 32.2. The van der Waals surface area contributed by atoms with Crippen molar-refractivity contribution < 1.29 is 22.3 Å². The summed E-state index contributed by atoms with van der Waals surface area (Å²) in [6, 6.07) is 4.38. The van der Waals surface area contributed by atoms with Crippen molar-refractivity contribution >= 4 is 44.2 Å². The van der Waals surface area contributed by atoms with Gasteiger partial charge in [-0.2, -0.15) is 0 Å². The van der Waals surface area contributed by atoms with E-state index in [-0.39, 0.29) is 15.8 Å². The van der Waals surface area contributed by atoms with E-state index in [0.29, 0.717) is 4.34 Å². The van der Waals surface area contributed by atoms with E-state index < -0.39 is 21.8 Å². The molecule has 0 aliphatic carbocycles. The highest BCUT2D eigenvalue weighted by Crippen LogP contribution is 2.27. The number of thioether (sulfide) groups is 1. The number of benzene rings is 1. The lowest BCUT2D eigenvalue weighted by Crippen LogP contribution is -2.12. The number of esters is 1. The van der Waals surface area contributed by atoms with Crippen molar-refractivity contribution in [2.75, 3.05) is 17.6 Å². The number of carbonyl (C=O) groups excluding carboxylic acids is 1. The summed E-state index contributed by atoms with van der Waals surface area (Å²) in [5.41, 5.74) is 0. The molecule has 1 aromatic heterocycles. The van der Waals surface area contributed by atoms with Crippen LogP contribution in [0.4, 0.5) is 9.52 Å². The molecule has 22 heavy (non-hydrogen) atoms. The first-order valence-electron chi connectivity index (χ1n) is 5.72. The third-order valence-corrected chi connectivity index (χ3v) is 5.72. The molecule has 1 heterocycles. The lowest BCUT2D eigenvalue weighted by atomic mass is 10.4. The van der Waals surface area contributed by atoms with Gasteiger partial charge in [0.1, 0.15) is 5.82 Å². The number of nitrogens with zero attached hydrogens (tertiary/aromatic N) is 2. The maximum absolute atomic E-state index is 12.8. The summed E-state index contributed by atoms with van der Waals surface area (Å²) >= 11 is 2.06. The Morgan fingerprint density at radius 1 is 1.36 bits per heavy atom. The van der Waals surface area contributed by atoms with Crippen LogP contribution >= 0.6 is 23.1 Å². The van der Waals surface area contributed by atoms with E-state index in [1.165, 1.54) is 7.11 Å². The van der Waals surface area contributed by atoms with Gasteiger partial charge in [-0.25, -0.2) is 12.8 Å². The topological polar surface area (TPSA) is 98.2 Å². The quantitative estimate of drug-likeness (QED) is 0.616. The van der Waals surface area contributed by atoms with E-state index in [1.54, 1.807) is 0 Å². The van der Waals surface area contributed by atoms with Gasteiger partial charge in [0.25, 0.3) is 10.0 Å². The number of anilines is 1. The molecule has 1 N–H and O–H groups in total. The monoisotopic (exact) mass is 363 g/mol. The van der Waals surface area contributed by atoms with Gasteiger partial charge in [0.2, 0.25) is 5.13 Å². The predicted molar refractivity (Wildman–Crippen MR) is 79.9 cm³/mol. The maximum atomic E-state index is 12.8. The normalized spacial score (nSPS) is 11.2. The van der Waals surface area contributed by atoms with Crippen LogP contribution in [0.1, 0.15) is 0 Å². The van der Waals surface area contributed by atoms with Crippen LogP contribution < -0.4 is 4.72 Å². The lowest BCUT2D eigenvalue weighted by Gasteiger charge is -2.03. The molecule has 7 nitrogen and oxygen atoms in total. The second-order valence-corrected chi connectivity index (χ2v) is 7.68. The maximum Gasteiger partial charge on any atom is 0.316 e.